The van der Waals surface area contributed by atoms with E-state index in [1.165, 1.54) is 0 Å². The summed E-state index contributed by atoms with van der Waals surface area (Å²) in [6.07, 6.45) is 4.73. The highest BCUT2D eigenvalue weighted by atomic mass is 16.5. The average Bonchev–Trinajstić information content (AvgIpc) is 2.61. The van der Waals surface area contributed by atoms with Crippen molar-refractivity contribution in [1.29, 1.82) is 0 Å². The standard InChI is InChI=1S/C18H26N2O3/c1-3-15-6-4-5-13-20(15)18(22)17(21)19-12-11-14-7-9-16(23-2)10-8-14/h7-10,15H,3-6,11-13H2,1-2H3,(H,19,21). The van der Waals surface area contributed by atoms with Gasteiger partial charge in [-0.15, -0.1) is 0 Å². The highest BCUT2D eigenvalue weighted by molar-refractivity contribution is 6.35. The van der Waals surface area contributed by atoms with Gasteiger partial charge in [0.2, 0.25) is 0 Å². The number of rotatable bonds is 5. The predicted molar refractivity (Wildman–Crippen MR) is 89.4 cm³/mol. The minimum atomic E-state index is -0.487. The molecule has 0 saturated carbocycles. The number of nitrogens with zero attached hydrogens (tertiary/aromatic N) is 1. The quantitative estimate of drug-likeness (QED) is 0.846. The van der Waals surface area contributed by atoms with E-state index in [2.05, 4.69) is 12.2 Å². The molecule has 0 bridgehead atoms. The summed E-state index contributed by atoms with van der Waals surface area (Å²) in [6, 6.07) is 7.92. The summed E-state index contributed by atoms with van der Waals surface area (Å²) < 4.78 is 5.11. The molecule has 1 aliphatic heterocycles. The lowest BCUT2D eigenvalue weighted by molar-refractivity contribution is -0.148. The zero-order valence-electron chi connectivity index (χ0n) is 14.0. The first-order valence-corrected chi connectivity index (χ1v) is 8.37. The van der Waals surface area contributed by atoms with Crippen LogP contribution in [-0.2, 0) is 16.0 Å². The molecule has 0 aliphatic carbocycles. The molecule has 0 spiro atoms. The van der Waals surface area contributed by atoms with Crippen LogP contribution in [-0.4, -0.2) is 43.0 Å². The second kappa shape index (κ2) is 8.56. The van der Waals surface area contributed by atoms with Crippen molar-refractivity contribution < 1.29 is 14.3 Å². The second-order valence-corrected chi connectivity index (χ2v) is 5.91. The van der Waals surface area contributed by atoms with Gasteiger partial charge in [0.05, 0.1) is 7.11 Å². The van der Waals surface area contributed by atoms with Gasteiger partial charge in [0.1, 0.15) is 5.75 Å². The Bertz CT molecular complexity index is 528. The van der Waals surface area contributed by atoms with Crippen molar-refractivity contribution in [1.82, 2.24) is 10.2 Å². The molecule has 5 heteroatoms. The van der Waals surface area contributed by atoms with Crippen molar-refractivity contribution in [2.24, 2.45) is 0 Å². The fourth-order valence-electron chi connectivity index (χ4n) is 3.01. The molecule has 0 aromatic heterocycles. The third-order valence-corrected chi connectivity index (χ3v) is 4.41. The smallest absolute Gasteiger partial charge is 0.312 e. The number of carbonyl (C=O) groups excluding carboxylic acids is 2. The molecule has 126 valence electrons. The van der Waals surface area contributed by atoms with Gasteiger partial charge in [-0.25, -0.2) is 0 Å². The van der Waals surface area contributed by atoms with Gasteiger partial charge >= 0.3 is 11.8 Å². The van der Waals surface area contributed by atoms with Gasteiger partial charge in [0.25, 0.3) is 0 Å². The van der Waals surface area contributed by atoms with Crippen molar-refractivity contribution in [3.63, 3.8) is 0 Å². The number of nitrogens with one attached hydrogen (secondary N) is 1. The molecule has 2 amide bonds. The van der Waals surface area contributed by atoms with Gasteiger partial charge in [-0.05, 0) is 49.8 Å². The summed E-state index contributed by atoms with van der Waals surface area (Å²) >= 11 is 0. The van der Waals surface area contributed by atoms with Crippen LogP contribution in [0.2, 0.25) is 0 Å². The maximum Gasteiger partial charge on any atom is 0.312 e. The summed E-state index contributed by atoms with van der Waals surface area (Å²) in [6.45, 7) is 3.22. The van der Waals surface area contributed by atoms with E-state index in [9.17, 15) is 9.59 Å². The molecule has 1 unspecified atom stereocenters. The maximum atomic E-state index is 12.3. The monoisotopic (exact) mass is 318 g/mol. The lowest BCUT2D eigenvalue weighted by atomic mass is 10.00. The van der Waals surface area contributed by atoms with Crippen LogP contribution >= 0.6 is 0 Å². The molecule has 1 atom stereocenters. The van der Waals surface area contributed by atoms with Gasteiger partial charge < -0.3 is 15.0 Å². The highest BCUT2D eigenvalue weighted by Gasteiger charge is 2.29. The molecule has 1 aliphatic rings. The van der Waals surface area contributed by atoms with Gasteiger partial charge in [-0.1, -0.05) is 19.1 Å². The Kier molecular flexibility index (Phi) is 6.44. The van der Waals surface area contributed by atoms with E-state index in [0.29, 0.717) is 19.5 Å². The Labute approximate surface area is 138 Å². The summed E-state index contributed by atoms with van der Waals surface area (Å²) in [5, 5.41) is 2.74. The predicted octanol–water partition coefficient (Wildman–Crippen LogP) is 2.14. The molecule has 1 heterocycles. The van der Waals surface area contributed by atoms with Gasteiger partial charge in [-0.3, -0.25) is 9.59 Å². The van der Waals surface area contributed by atoms with E-state index >= 15 is 0 Å². The van der Waals surface area contributed by atoms with Gasteiger partial charge in [-0.2, -0.15) is 0 Å². The summed E-state index contributed by atoms with van der Waals surface area (Å²) in [4.78, 5) is 26.1. The number of hydrogen-bond donors (Lipinski definition) is 1. The van der Waals surface area contributed by atoms with Crippen LogP contribution in [0, 0.1) is 0 Å². The van der Waals surface area contributed by atoms with Crippen LogP contribution in [0.25, 0.3) is 0 Å². The van der Waals surface area contributed by atoms with E-state index in [0.717, 1.165) is 37.0 Å². The van der Waals surface area contributed by atoms with E-state index in [4.69, 9.17) is 4.74 Å². The first kappa shape index (κ1) is 17.3. The largest absolute Gasteiger partial charge is 0.497 e. The zero-order chi connectivity index (χ0) is 16.7. The molecule has 1 aromatic carbocycles. The van der Waals surface area contributed by atoms with Crippen LogP contribution < -0.4 is 10.1 Å². The van der Waals surface area contributed by atoms with Crippen molar-refractivity contribution in [3.05, 3.63) is 29.8 Å². The third kappa shape index (κ3) is 4.71. The van der Waals surface area contributed by atoms with Gasteiger partial charge in [0, 0.05) is 19.1 Å². The van der Waals surface area contributed by atoms with Crippen LogP contribution in [0.5, 0.6) is 5.75 Å². The minimum Gasteiger partial charge on any atom is -0.497 e. The lowest BCUT2D eigenvalue weighted by Crippen LogP contribution is -2.50. The maximum absolute atomic E-state index is 12.3. The van der Waals surface area contributed by atoms with Crippen molar-refractivity contribution in [3.8, 4) is 5.75 Å². The highest BCUT2D eigenvalue weighted by Crippen LogP contribution is 2.19. The first-order chi connectivity index (χ1) is 11.2. The number of likely N-dealkylation sites (tertiary alicyclic amines) is 1. The number of ether oxygens (including phenoxy) is 1. The second-order valence-electron chi connectivity index (χ2n) is 5.91. The number of benzene rings is 1. The third-order valence-electron chi connectivity index (χ3n) is 4.41. The number of amides is 2. The van der Waals surface area contributed by atoms with Crippen LogP contribution in [0.1, 0.15) is 38.2 Å². The average molecular weight is 318 g/mol. The minimum absolute atomic E-state index is 0.212. The Balaban J connectivity index is 1.80. The molecular formula is C18H26N2O3. The van der Waals surface area contributed by atoms with Crippen molar-refractivity contribution >= 4 is 11.8 Å². The van der Waals surface area contributed by atoms with E-state index < -0.39 is 5.91 Å². The Morgan fingerprint density at radius 2 is 2.00 bits per heavy atom. The molecule has 1 saturated heterocycles. The Morgan fingerprint density at radius 1 is 1.26 bits per heavy atom. The van der Waals surface area contributed by atoms with E-state index in [1.807, 2.05) is 24.3 Å². The fourth-order valence-corrected chi connectivity index (χ4v) is 3.01. The molecule has 2 rings (SSSR count). The summed E-state index contributed by atoms with van der Waals surface area (Å²) in [5.41, 5.74) is 1.10. The van der Waals surface area contributed by atoms with Crippen molar-refractivity contribution in [2.75, 3.05) is 20.2 Å². The number of hydrogen-bond acceptors (Lipinski definition) is 3. The molecule has 0 radical (unpaired) electrons. The Hall–Kier alpha value is -2.04. The first-order valence-electron chi connectivity index (χ1n) is 8.37. The lowest BCUT2D eigenvalue weighted by Gasteiger charge is -2.34. The van der Waals surface area contributed by atoms with Crippen LogP contribution in [0.15, 0.2) is 24.3 Å². The van der Waals surface area contributed by atoms with E-state index in [1.54, 1.807) is 12.0 Å². The van der Waals surface area contributed by atoms with Crippen molar-refractivity contribution in [2.45, 2.75) is 45.1 Å². The molecule has 1 N–H and O–H groups in total. The van der Waals surface area contributed by atoms with Gasteiger partial charge in [0.15, 0.2) is 0 Å². The topological polar surface area (TPSA) is 58.6 Å². The molecule has 5 nitrogen and oxygen atoms in total. The van der Waals surface area contributed by atoms with Crippen LogP contribution in [0.4, 0.5) is 0 Å². The summed E-state index contributed by atoms with van der Waals surface area (Å²) in [5.74, 6) is -0.0613. The molecule has 23 heavy (non-hydrogen) atoms. The van der Waals surface area contributed by atoms with Crippen LogP contribution in [0.3, 0.4) is 0 Å². The molecular weight excluding hydrogens is 292 g/mol. The zero-order valence-corrected chi connectivity index (χ0v) is 14.0. The SMILES string of the molecule is CCC1CCCCN1C(=O)C(=O)NCCc1ccc(OC)cc1. The number of methoxy groups -OCH3 is 1. The summed E-state index contributed by atoms with van der Waals surface area (Å²) in [7, 11) is 1.63. The normalized spacial score (nSPS) is 17.7. The number of carbonyl (C=O) groups is 2. The van der Waals surface area contributed by atoms with E-state index in [-0.39, 0.29) is 11.9 Å². The fraction of sp³-hybridized carbons (Fsp3) is 0.556. The number of piperidine rings is 1. The Morgan fingerprint density at radius 3 is 2.65 bits per heavy atom. The molecule has 1 fully saturated rings. The molecule has 1 aromatic rings.